The van der Waals surface area contributed by atoms with Crippen LogP contribution in [-0.4, -0.2) is 7.11 Å². The quantitative estimate of drug-likeness (QED) is 0.782. The van der Waals surface area contributed by atoms with Gasteiger partial charge in [0.05, 0.1) is 7.11 Å². The van der Waals surface area contributed by atoms with Crippen LogP contribution >= 0.6 is 0 Å². The highest BCUT2D eigenvalue weighted by atomic mass is 19.1. The first-order valence-corrected chi connectivity index (χ1v) is 6.57. The minimum absolute atomic E-state index is 0.238. The Bertz CT molecular complexity index is 614. The monoisotopic (exact) mass is 256 g/mol. The molecule has 1 nitrogen and oxygen atoms in total. The van der Waals surface area contributed by atoms with E-state index >= 15 is 0 Å². The Hall–Kier alpha value is -1.83. The van der Waals surface area contributed by atoms with Gasteiger partial charge in [0.15, 0.2) is 0 Å². The molecule has 19 heavy (non-hydrogen) atoms. The number of rotatable bonds is 3. The lowest BCUT2D eigenvalue weighted by atomic mass is 9.94. The summed E-state index contributed by atoms with van der Waals surface area (Å²) in [6.07, 6.45) is 2.45. The Morgan fingerprint density at radius 1 is 1.11 bits per heavy atom. The summed E-state index contributed by atoms with van der Waals surface area (Å²) in [7, 11) is 1.54. The fourth-order valence-electron chi connectivity index (χ4n) is 2.40. The van der Waals surface area contributed by atoms with Gasteiger partial charge in [-0.1, -0.05) is 31.2 Å². The van der Waals surface area contributed by atoms with Gasteiger partial charge in [0, 0.05) is 11.6 Å². The highest BCUT2D eigenvalue weighted by molar-refractivity contribution is 5.66. The van der Waals surface area contributed by atoms with Crippen LogP contribution in [0.4, 0.5) is 4.39 Å². The van der Waals surface area contributed by atoms with Crippen molar-refractivity contribution in [3.05, 3.63) is 53.8 Å². The lowest BCUT2D eigenvalue weighted by Crippen LogP contribution is -1.99. The second kappa shape index (κ2) is 4.37. The van der Waals surface area contributed by atoms with Crippen molar-refractivity contribution >= 4 is 0 Å². The second-order valence-electron chi connectivity index (χ2n) is 5.49. The minimum atomic E-state index is -0.238. The van der Waals surface area contributed by atoms with Crippen LogP contribution in [0.25, 0.3) is 11.1 Å². The molecule has 0 atom stereocenters. The smallest absolute Gasteiger partial charge is 0.134 e. The molecular formula is C17H17FO. The third-order valence-electron chi connectivity index (χ3n) is 4.05. The van der Waals surface area contributed by atoms with Crippen LogP contribution in [0.15, 0.2) is 42.5 Å². The van der Waals surface area contributed by atoms with E-state index in [0.717, 1.165) is 5.56 Å². The fraction of sp³-hybridized carbons (Fsp3) is 0.294. The van der Waals surface area contributed by atoms with Crippen molar-refractivity contribution in [2.75, 3.05) is 7.11 Å². The number of methoxy groups -OCH3 is 1. The molecule has 1 aliphatic carbocycles. The fourth-order valence-corrected chi connectivity index (χ4v) is 2.40. The van der Waals surface area contributed by atoms with E-state index in [9.17, 15) is 4.39 Å². The number of ether oxygens (including phenoxy) is 1. The predicted octanol–water partition coefficient (Wildman–Crippen LogP) is 4.55. The van der Waals surface area contributed by atoms with E-state index in [1.54, 1.807) is 19.2 Å². The SMILES string of the molecule is COc1ccc(-c2cccc(C3(C)CC3)c2)c(F)c1. The average molecular weight is 256 g/mol. The molecule has 0 aromatic heterocycles. The maximum absolute atomic E-state index is 14.1. The zero-order valence-corrected chi connectivity index (χ0v) is 11.2. The molecule has 2 aromatic rings. The molecule has 2 heteroatoms. The molecule has 0 unspecified atom stereocenters. The van der Waals surface area contributed by atoms with E-state index in [0.29, 0.717) is 16.7 Å². The summed E-state index contributed by atoms with van der Waals surface area (Å²) < 4.78 is 19.1. The third-order valence-corrected chi connectivity index (χ3v) is 4.05. The van der Waals surface area contributed by atoms with Crippen molar-refractivity contribution in [3.8, 4) is 16.9 Å². The zero-order valence-electron chi connectivity index (χ0n) is 11.2. The lowest BCUT2D eigenvalue weighted by Gasteiger charge is -2.12. The van der Waals surface area contributed by atoms with Crippen LogP contribution in [0, 0.1) is 5.82 Å². The van der Waals surface area contributed by atoms with E-state index in [-0.39, 0.29) is 5.82 Å². The van der Waals surface area contributed by atoms with Crippen molar-refractivity contribution in [2.24, 2.45) is 0 Å². The van der Waals surface area contributed by atoms with Gasteiger partial charge in [0.2, 0.25) is 0 Å². The Morgan fingerprint density at radius 2 is 1.89 bits per heavy atom. The van der Waals surface area contributed by atoms with Crippen LogP contribution in [0.1, 0.15) is 25.3 Å². The first kappa shape index (κ1) is 12.2. The first-order chi connectivity index (χ1) is 9.12. The van der Waals surface area contributed by atoms with Gasteiger partial charge in [-0.05, 0) is 41.5 Å². The molecule has 0 heterocycles. The molecule has 0 bridgehead atoms. The molecule has 1 saturated carbocycles. The topological polar surface area (TPSA) is 9.23 Å². The van der Waals surface area contributed by atoms with Gasteiger partial charge in [0.1, 0.15) is 11.6 Å². The lowest BCUT2D eigenvalue weighted by molar-refractivity contribution is 0.411. The van der Waals surface area contributed by atoms with Gasteiger partial charge in [0.25, 0.3) is 0 Å². The minimum Gasteiger partial charge on any atom is -0.497 e. The third kappa shape index (κ3) is 2.23. The van der Waals surface area contributed by atoms with Crippen molar-refractivity contribution in [3.63, 3.8) is 0 Å². The Labute approximate surface area is 113 Å². The molecule has 1 fully saturated rings. The molecule has 98 valence electrons. The average Bonchev–Trinajstić information content (AvgIpc) is 3.18. The van der Waals surface area contributed by atoms with E-state index < -0.39 is 0 Å². The van der Waals surface area contributed by atoms with Crippen molar-refractivity contribution in [2.45, 2.75) is 25.2 Å². The van der Waals surface area contributed by atoms with E-state index in [1.165, 1.54) is 24.5 Å². The highest BCUT2D eigenvalue weighted by Gasteiger charge is 2.38. The number of hydrogen-bond donors (Lipinski definition) is 0. The van der Waals surface area contributed by atoms with Crippen LogP contribution in [0.2, 0.25) is 0 Å². The summed E-state index contributed by atoms with van der Waals surface area (Å²) in [6.45, 7) is 2.26. The summed E-state index contributed by atoms with van der Waals surface area (Å²) in [5.41, 5.74) is 3.18. The standard InChI is InChI=1S/C17H17FO/c1-17(8-9-17)13-5-3-4-12(10-13)15-7-6-14(19-2)11-16(15)18/h3-7,10-11H,8-9H2,1-2H3. The predicted molar refractivity (Wildman–Crippen MR) is 75.0 cm³/mol. The molecule has 3 rings (SSSR count). The Kier molecular flexibility index (Phi) is 2.81. The van der Waals surface area contributed by atoms with Gasteiger partial charge >= 0.3 is 0 Å². The molecule has 0 aliphatic heterocycles. The molecule has 1 aliphatic rings. The maximum atomic E-state index is 14.1. The van der Waals surface area contributed by atoms with Crippen molar-refractivity contribution in [1.29, 1.82) is 0 Å². The normalized spacial score (nSPS) is 16.2. The largest absolute Gasteiger partial charge is 0.497 e. The Morgan fingerprint density at radius 3 is 2.53 bits per heavy atom. The van der Waals surface area contributed by atoms with E-state index in [2.05, 4.69) is 19.1 Å². The summed E-state index contributed by atoms with van der Waals surface area (Å²) in [5.74, 6) is 0.309. The number of halogens is 1. The van der Waals surface area contributed by atoms with Crippen LogP contribution in [-0.2, 0) is 5.41 Å². The zero-order chi connectivity index (χ0) is 13.5. The molecule has 2 aromatic carbocycles. The van der Waals surface area contributed by atoms with E-state index in [1.807, 2.05) is 12.1 Å². The van der Waals surface area contributed by atoms with Gasteiger partial charge in [-0.25, -0.2) is 4.39 Å². The van der Waals surface area contributed by atoms with Crippen LogP contribution in [0.5, 0.6) is 5.75 Å². The van der Waals surface area contributed by atoms with E-state index in [4.69, 9.17) is 4.74 Å². The van der Waals surface area contributed by atoms with Gasteiger partial charge < -0.3 is 4.74 Å². The molecular weight excluding hydrogens is 239 g/mol. The summed E-state index contributed by atoms with van der Waals surface area (Å²) in [5, 5.41) is 0. The molecule has 0 spiro atoms. The molecule has 0 N–H and O–H groups in total. The first-order valence-electron chi connectivity index (χ1n) is 6.57. The molecule has 0 radical (unpaired) electrons. The summed E-state index contributed by atoms with van der Waals surface area (Å²) >= 11 is 0. The van der Waals surface area contributed by atoms with Gasteiger partial charge in [-0.15, -0.1) is 0 Å². The summed E-state index contributed by atoms with van der Waals surface area (Å²) in [6, 6.07) is 13.2. The second-order valence-corrected chi connectivity index (χ2v) is 5.49. The Balaban J connectivity index is 2.02. The van der Waals surface area contributed by atoms with Gasteiger partial charge in [-0.2, -0.15) is 0 Å². The van der Waals surface area contributed by atoms with Crippen molar-refractivity contribution < 1.29 is 9.13 Å². The maximum Gasteiger partial charge on any atom is 0.134 e. The number of benzene rings is 2. The van der Waals surface area contributed by atoms with Crippen LogP contribution in [0.3, 0.4) is 0 Å². The van der Waals surface area contributed by atoms with Gasteiger partial charge in [-0.3, -0.25) is 0 Å². The summed E-state index contributed by atoms with van der Waals surface area (Å²) in [4.78, 5) is 0. The van der Waals surface area contributed by atoms with Crippen LogP contribution < -0.4 is 4.74 Å². The van der Waals surface area contributed by atoms with Crippen molar-refractivity contribution in [1.82, 2.24) is 0 Å². The highest BCUT2D eigenvalue weighted by Crippen LogP contribution is 2.48. The molecule has 0 saturated heterocycles. The molecule has 0 amide bonds. The number of hydrogen-bond acceptors (Lipinski definition) is 1.